The van der Waals surface area contributed by atoms with Crippen molar-refractivity contribution in [1.82, 2.24) is 4.90 Å². The minimum Gasteiger partial charge on any atom is -0.378 e. The van der Waals surface area contributed by atoms with Crippen LogP contribution in [0, 0.1) is 6.92 Å². The molecule has 178 valence electrons. The van der Waals surface area contributed by atoms with E-state index in [9.17, 15) is 14.4 Å². The third kappa shape index (κ3) is 5.24. The Morgan fingerprint density at radius 2 is 1.43 bits per heavy atom. The number of nitrogens with zero attached hydrogens (tertiary/aromatic N) is 2. The van der Waals surface area contributed by atoms with E-state index in [0.717, 1.165) is 16.8 Å². The lowest BCUT2D eigenvalue weighted by atomic mass is 10.0. The van der Waals surface area contributed by atoms with Crippen LogP contribution in [0.4, 0.5) is 17.1 Å². The van der Waals surface area contributed by atoms with Gasteiger partial charge in [0.25, 0.3) is 11.8 Å². The van der Waals surface area contributed by atoms with E-state index in [-0.39, 0.29) is 30.0 Å². The second-order valence-corrected chi connectivity index (χ2v) is 8.76. The molecular weight excluding hydrogens is 440 g/mol. The van der Waals surface area contributed by atoms with Crippen LogP contribution >= 0.6 is 0 Å². The van der Waals surface area contributed by atoms with Gasteiger partial charge < -0.3 is 15.5 Å². The molecule has 0 atom stereocenters. The minimum absolute atomic E-state index is 0.177. The van der Waals surface area contributed by atoms with E-state index >= 15 is 0 Å². The summed E-state index contributed by atoms with van der Waals surface area (Å²) in [6.45, 7) is 3.60. The lowest BCUT2D eigenvalue weighted by molar-refractivity contribution is -0.137. The van der Waals surface area contributed by atoms with Crippen molar-refractivity contribution >= 4 is 40.4 Å². The molecule has 1 aliphatic heterocycles. The zero-order valence-electron chi connectivity index (χ0n) is 20.3. The van der Waals surface area contributed by atoms with Crippen LogP contribution in [0.5, 0.6) is 0 Å². The zero-order chi connectivity index (χ0) is 25.1. The van der Waals surface area contributed by atoms with Crippen molar-refractivity contribution in [3.63, 3.8) is 0 Å². The quantitative estimate of drug-likeness (QED) is 0.502. The number of carbonyl (C=O) groups excluding carboxylic acids is 3. The fourth-order valence-corrected chi connectivity index (χ4v) is 3.89. The average molecular weight is 469 g/mol. The summed E-state index contributed by atoms with van der Waals surface area (Å²) in [6.07, 6.45) is 0. The maximum atomic E-state index is 13.5. The Kier molecular flexibility index (Phi) is 6.68. The van der Waals surface area contributed by atoms with Crippen LogP contribution in [0.3, 0.4) is 0 Å². The molecular formula is C28H28N4O3. The monoisotopic (exact) mass is 468 g/mol. The smallest absolute Gasteiger partial charge is 0.278 e. The average Bonchev–Trinajstić information content (AvgIpc) is 3.05. The van der Waals surface area contributed by atoms with Gasteiger partial charge in [-0.1, -0.05) is 42.0 Å². The fourth-order valence-electron chi connectivity index (χ4n) is 3.89. The Balaban J connectivity index is 1.70. The topological polar surface area (TPSA) is 81.8 Å². The van der Waals surface area contributed by atoms with Crippen molar-refractivity contribution in [2.75, 3.05) is 29.6 Å². The van der Waals surface area contributed by atoms with Crippen molar-refractivity contribution in [3.8, 4) is 0 Å². The molecule has 0 bridgehead atoms. The summed E-state index contributed by atoms with van der Waals surface area (Å²) < 4.78 is 0. The summed E-state index contributed by atoms with van der Waals surface area (Å²) in [6, 6.07) is 22.3. The summed E-state index contributed by atoms with van der Waals surface area (Å²) in [7, 11) is 3.91. The van der Waals surface area contributed by atoms with E-state index in [0.29, 0.717) is 22.5 Å². The first-order valence-corrected chi connectivity index (χ1v) is 11.3. The van der Waals surface area contributed by atoms with Crippen molar-refractivity contribution < 1.29 is 14.4 Å². The molecule has 0 aliphatic carbocycles. The highest BCUT2D eigenvalue weighted by atomic mass is 16.2. The van der Waals surface area contributed by atoms with Crippen molar-refractivity contribution in [1.29, 1.82) is 0 Å². The first kappa shape index (κ1) is 23.8. The number of hydrogen-bond acceptors (Lipinski definition) is 5. The van der Waals surface area contributed by atoms with E-state index in [1.54, 1.807) is 24.3 Å². The number of anilines is 3. The number of benzene rings is 3. The molecule has 35 heavy (non-hydrogen) atoms. The summed E-state index contributed by atoms with van der Waals surface area (Å²) in [5.74, 6) is -0.930. The third-order valence-electron chi connectivity index (χ3n) is 5.78. The lowest BCUT2D eigenvalue weighted by Gasteiger charge is -2.16. The number of amides is 3. The summed E-state index contributed by atoms with van der Waals surface area (Å²) in [5, 5.41) is 5.90. The van der Waals surface area contributed by atoms with E-state index in [1.807, 2.05) is 74.4 Å². The third-order valence-corrected chi connectivity index (χ3v) is 5.78. The minimum atomic E-state index is -0.381. The maximum Gasteiger partial charge on any atom is 0.278 e. The molecule has 0 saturated heterocycles. The molecule has 2 N–H and O–H groups in total. The molecule has 0 aromatic heterocycles. The van der Waals surface area contributed by atoms with Gasteiger partial charge >= 0.3 is 0 Å². The molecule has 0 saturated carbocycles. The van der Waals surface area contributed by atoms with Crippen LogP contribution in [0.15, 0.2) is 78.5 Å². The molecule has 7 nitrogen and oxygen atoms in total. The van der Waals surface area contributed by atoms with Crippen LogP contribution in [0.1, 0.15) is 23.6 Å². The van der Waals surface area contributed by atoms with Gasteiger partial charge in [0, 0.05) is 38.1 Å². The van der Waals surface area contributed by atoms with Gasteiger partial charge in [-0.15, -0.1) is 0 Å². The van der Waals surface area contributed by atoms with Gasteiger partial charge in [0.2, 0.25) is 5.91 Å². The van der Waals surface area contributed by atoms with Gasteiger partial charge in [-0.25, -0.2) is 0 Å². The molecule has 0 fully saturated rings. The van der Waals surface area contributed by atoms with Crippen LogP contribution in [0.25, 0.3) is 5.57 Å². The molecule has 1 heterocycles. The van der Waals surface area contributed by atoms with Gasteiger partial charge in [-0.3, -0.25) is 19.3 Å². The van der Waals surface area contributed by atoms with Crippen LogP contribution in [-0.4, -0.2) is 36.7 Å². The molecule has 3 aromatic carbocycles. The Hall–Kier alpha value is -4.39. The molecule has 4 rings (SSSR count). The highest BCUT2D eigenvalue weighted by molar-refractivity contribution is 6.36. The Bertz CT molecular complexity index is 1290. The van der Waals surface area contributed by atoms with Crippen LogP contribution in [-0.2, 0) is 20.9 Å². The zero-order valence-corrected chi connectivity index (χ0v) is 20.3. The number of carbonyl (C=O) groups is 3. The number of imide groups is 1. The van der Waals surface area contributed by atoms with Gasteiger partial charge in [-0.2, -0.15) is 0 Å². The Morgan fingerprint density at radius 3 is 2.00 bits per heavy atom. The number of rotatable bonds is 7. The van der Waals surface area contributed by atoms with Gasteiger partial charge in [0.15, 0.2) is 0 Å². The van der Waals surface area contributed by atoms with E-state index in [1.165, 1.54) is 11.8 Å². The first-order valence-electron chi connectivity index (χ1n) is 11.3. The summed E-state index contributed by atoms with van der Waals surface area (Å²) >= 11 is 0. The number of nitrogens with one attached hydrogen (secondary N) is 2. The first-order chi connectivity index (χ1) is 16.7. The van der Waals surface area contributed by atoms with E-state index < -0.39 is 0 Å². The molecule has 1 aliphatic rings. The highest BCUT2D eigenvalue weighted by Gasteiger charge is 2.39. The molecule has 0 unspecified atom stereocenters. The fraction of sp³-hybridized carbons (Fsp3) is 0.179. The second-order valence-electron chi connectivity index (χ2n) is 8.76. The SMILES string of the molecule is CC(=O)Nc1ccc(C2=C(Nc3ccc(N(C)C)cc3)C(=O)N(Cc3ccc(C)cc3)C2=O)cc1. The highest BCUT2D eigenvalue weighted by Crippen LogP contribution is 2.32. The normalized spacial score (nSPS) is 13.3. The molecule has 3 aromatic rings. The summed E-state index contributed by atoms with van der Waals surface area (Å²) in [4.78, 5) is 41.6. The standard InChI is InChI=1S/C28H28N4O3/c1-18-5-7-20(8-6-18)17-32-27(34)25(21-9-11-22(12-10-21)29-19(2)33)26(28(32)35)30-23-13-15-24(16-14-23)31(3)4/h5-16,30H,17H2,1-4H3,(H,29,33). The molecule has 0 radical (unpaired) electrons. The predicted molar refractivity (Wildman–Crippen MR) is 139 cm³/mol. The second kappa shape index (κ2) is 9.85. The largest absolute Gasteiger partial charge is 0.378 e. The summed E-state index contributed by atoms with van der Waals surface area (Å²) in [5.41, 5.74) is 5.44. The predicted octanol–water partition coefficient (Wildman–Crippen LogP) is 4.41. The lowest BCUT2D eigenvalue weighted by Crippen LogP contribution is -2.32. The van der Waals surface area contributed by atoms with Gasteiger partial charge in [0.1, 0.15) is 5.70 Å². The van der Waals surface area contributed by atoms with E-state index in [2.05, 4.69) is 10.6 Å². The Labute approximate surface area is 205 Å². The van der Waals surface area contributed by atoms with Gasteiger partial charge in [0.05, 0.1) is 12.1 Å². The maximum absolute atomic E-state index is 13.5. The van der Waals surface area contributed by atoms with Crippen molar-refractivity contribution in [2.24, 2.45) is 0 Å². The molecule has 0 spiro atoms. The van der Waals surface area contributed by atoms with E-state index in [4.69, 9.17) is 0 Å². The van der Waals surface area contributed by atoms with Crippen LogP contribution < -0.4 is 15.5 Å². The Morgan fingerprint density at radius 1 is 0.829 bits per heavy atom. The van der Waals surface area contributed by atoms with Gasteiger partial charge in [-0.05, 0) is 54.4 Å². The van der Waals surface area contributed by atoms with Crippen molar-refractivity contribution in [3.05, 3.63) is 95.2 Å². The molecule has 3 amide bonds. The van der Waals surface area contributed by atoms with Crippen molar-refractivity contribution in [2.45, 2.75) is 20.4 Å². The number of aryl methyl sites for hydroxylation is 1. The molecule has 7 heteroatoms. The van der Waals surface area contributed by atoms with Crippen LogP contribution in [0.2, 0.25) is 0 Å². The number of hydrogen-bond donors (Lipinski definition) is 2.